The molecule has 2 aromatic heterocycles. The van der Waals surface area contributed by atoms with Crippen molar-refractivity contribution in [2.75, 3.05) is 13.1 Å². The number of aryl methyl sites for hydroxylation is 1. The average Bonchev–Trinajstić information content (AvgIpc) is 3.10. The van der Waals surface area contributed by atoms with Crippen molar-refractivity contribution >= 4 is 5.91 Å². The van der Waals surface area contributed by atoms with Crippen LogP contribution in [0, 0.1) is 6.92 Å². The van der Waals surface area contributed by atoms with Gasteiger partial charge in [-0.3, -0.25) is 9.59 Å². The van der Waals surface area contributed by atoms with Gasteiger partial charge >= 0.3 is 0 Å². The number of β-amino-alcohol motifs (C(OH)–C–C–N with tert-alkyl or cyclic N) is 1. The number of aliphatic hydroxyl groups is 1. The van der Waals surface area contributed by atoms with E-state index in [0.717, 1.165) is 0 Å². The molecule has 0 saturated carbocycles. The molecule has 0 radical (unpaired) electrons. The molecule has 2 aromatic rings. The topological polar surface area (TPSA) is 93.2 Å². The molecule has 140 valence electrons. The zero-order valence-electron chi connectivity index (χ0n) is 15.4. The highest BCUT2D eigenvalue weighted by atomic mass is 16.3. The van der Waals surface area contributed by atoms with E-state index in [2.05, 4.69) is 10.3 Å². The van der Waals surface area contributed by atoms with Crippen molar-refractivity contribution in [3.8, 4) is 0 Å². The first-order valence-electron chi connectivity index (χ1n) is 8.89. The molecule has 1 aliphatic heterocycles. The SMILES string of the molecule is Cc1cccn(CC(=O)N2CCC[C@@](O)(c3cn(C(C)C)nn3)C2)c1=O. The number of likely N-dealkylation sites (tertiary alicyclic amines) is 1. The Hall–Kier alpha value is -2.48. The van der Waals surface area contributed by atoms with Crippen LogP contribution in [0.25, 0.3) is 0 Å². The maximum absolute atomic E-state index is 12.7. The summed E-state index contributed by atoms with van der Waals surface area (Å²) < 4.78 is 3.10. The van der Waals surface area contributed by atoms with Crippen LogP contribution in [0.15, 0.2) is 29.3 Å². The monoisotopic (exact) mass is 359 g/mol. The standard InChI is InChI=1S/C18H25N5O3/c1-13(2)23-10-15(19-20-23)18(26)7-5-9-22(12-18)16(24)11-21-8-4-6-14(3)17(21)25/h4,6,8,10,13,26H,5,7,9,11-12H2,1-3H3/t18-/m0/s1. The Labute approximate surface area is 152 Å². The van der Waals surface area contributed by atoms with E-state index in [1.807, 2.05) is 13.8 Å². The molecule has 26 heavy (non-hydrogen) atoms. The lowest BCUT2D eigenvalue weighted by Gasteiger charge is -2.38. The third-order valence-electron chi connectivity index (χ3n) is 4.86. The zero-order chi connectivity index (χ0) is 18.9. The van der Waals surface area contributed by atoms with E-state index in [9.17, 15) is 14.7 Å². The molecule has 8 heteroatoms. The Morgan fingerprint density at radius 1 is 1.42 bits per heavy atom. The molecule has 8 nitrogen and oxygen atoms in total. The molecule has 3 rings (SSSR count). The average molecular weight is 359 g/mol. The first-order chi connectivity index (χ1) is 12.3. The number of hydrogen-bond acceptors (Lipinski definition) is 5. The van der Waals surface area contributed by atoms with E-state index in [-0.39, 0.29) is 30.6 Å². The predicted molar refractivity (Wildman–Crippen MR) is 95.6 cm³/mol. The Morgan fingerprint density at radius 2 is 2.19 bits per heavy atom. The highest BCUT2D eigenvalue weighted by molar-refractivity contribution is 5.76. The lowest BCUT2D eigenvalue weighted by Crippen LogP contribution is -2.50. The summed E-state index contributed by atoms with van der Waals surface area (Å²) in [5, 5.41) is 19.2. The fourth-order valence-corrected chi connectivity index (χ4v) is 3.23. The molecule has 1 saturated heterocycles. The van der Waals surface area contributed by atoms with Crippen LogP contribution in [-0.2, 0) is 16.9 Å². The normalized spacial score (nSPS) is 20.6. The maximum atomic E-state index is 12.7. The minimum absolute atomic E-state index is 0.0325. The first-order valence-corrected chi connectivity index (χ1v) is 8.89. The second kappa shape index (κ2) is 7.03. The third-order valence-corrected chi connectivity index (χ3v) is 4.86. The van der Waals surface area contributed by atoms with Crippen molar-refractivity contribution in [2.24, 2.45) is 0 Å². The molecule has 1 atom stereocenters. The van der Waals surface area contributed by atoms with Crippen LogP contribution < -0.4 is 5.56 Å². The molecule has 0 aromatic carbocycles. The van der Waals surface area contributed by atoms with Crippen LogP contribution in [0.3, 0.4) is 0 Å². The van der Waals surface area contributed by atoms with Crippen molar-refractivity contribution in [2.45, 2.75) is 51.8 Å². The molecule has 0 unspecified atom stereocenters. The summed E-state index contributed by atoms with van der Waals surface area (Å²) in [5.74, 6) is -0.188. The van der Waals surface area contributed by atoms with E-state index in [4.69, 9.17) is 0 Å². The van der Waals surface area contributed by atoms with Crippen LogP contribution in [0.1, 0.15) is 44.0 Å². The zero-order valence-corrected chi connectivity index (χ0v) is 15.4. The molecule has 3 heterocycles. The lowest BCUT2D eigenvalue weighted by molar-refractivity contribution is -0.139. The van der Waals surface area contributed by atoms with Crippen LogP contribution in [0.2, 0.25) is 0 Å². The number of carbonyl (C=O) groups is 1. The molecule has 1 aliphatic rings. The Morgan fingerprint density at radius 3 is 2.88 bits per heavy atom. The summed E-state index contributed by atoms with van der Waals surface area (Å²) in [7, 11) is 0. The van der Waals surface area contributed by atoms with Gasteiger partial charge in [-0.1, -0.05) is 11.3 Å². The van der Waals surface area contributed by atoms with Gasteiger partial charge in [0, 0.05) is 24.3 Å². The lowest BCUT2D eigenvalue weighted by atomic mass is 9.90. The van der Waals surface area contributed by atoms with Crippen LogP contribution in [0.5, 0.6) is 0 Å². The van der Waals surface area contributed by atoms with Crippen molar-refractivity contribution in [3.05, 3.63) is 46.1 Å². The fourth-order valence-electron chi connectivity index (χ4n) is 3.23. The van der Waals surface area contributed by atoms with E-state index in [1.54, 1.807) is 41.0 Å². The predicted octanol–water partition coefficient (Wildman–Crippen LogP) is 0.839. The number of hydrogen-bond donors (Lipinski definition) is 1. The highest BCUT2D eigenvalue weighted by Gasteiger charge is 2.39. The molecule has 1 amide bonds. The minimum atomic E-state index is -1.21. The van der Waals surface area contributed by atoms with Gasteiger partial charge in [0.1, 0.15) is 17.8 Å². The van der Waals surface area contributed by atoms with E-state index in [1.165, 1.54) is 4.57 Å². The number of carbonyl (C=O) groups excluding carboxylic acids is 1. The van der Waals surface area contributed by atoms with Crippen molar-refractivity contribution in [1.29, 1.82) is 0 Å². The molecule has 0 bridgehead atoms. The van der Waals surface area contributed by atoms with E-state index < -0.39 is 5.60 Å². The molecule has 0 aliphatic carbocycles. The van der Waals surface area contributed by atoms with Crippen LogP contribution in [0.4, 0.5) is 0 Å². The largest absolute Gasteiger partial charge is 0.382 e. The van der Waals surface area contributed by atoms with Crippen molar-refractivity contribution in [3.63, 3.8) is 0 Å². The quantitative estimate of drug-likeness (QED) is 0.873. The molecule has 0 spiro atoms. The summed E-state index contributed by atoms with van der Waals surface area (Å²) in [5.41, 5.74) is -0.302. The van der Waals surface area contributed by atoms with E-state index in [0.29, 0.717) is 30.6 Å². The summed E-state index contributed by atoms with van der Waals surface area (Å²) in [6, 6.07) is 3.62. The Balaban J connectivity index is 1.75. The van der Waals surface area contributed by atoms with Crippen molar-refractivity contribution in [1.82, 2.24) is 24.5 Å². The van der Waals surface area contributed by atoms with Crippen LogP contribution in [-0.4, -0.2) is 48.6 Å². The molecule has 1 fully saturated rings. The Bertz CT molecular complexity index is 857. The van der Waals surface area contributed by atoms with Gasteiger partial charge in [0.25, 0.3) is 5.56 Å². The van der Waals surface area contributed by atoms with Crippen LogP contribution >= 0.6 is 0 Å². The summed E-state index contributed by atoms with van der Waals surface area (Å²) in [6.45, 7) is 6.37. The molecular formula is C18H25N5O3. The minimum Gasteiger partial charge on any atom is -0.382 e. The van der Waals surface area contributed by atoms with E-state index >= 15 is 0 Å². The highest BCUT2D eigenvalue weighted by Crippen LogP contribution is 2.30. The number of aromatic nitrogens is 4. The van der Waals surface area contributed by atoms with Gasteiger partial charge in [0.05, 0.1) is 12.7 Å². The summed E-state index contributed by atoms with van der Waals surface area (Å²) >= 11 is 0. The van der Waals surface area contributed by atoms with Gasteiger partial charge in [0.15, 0.2) is 0 Å². The summed E-state index contributed by atoms with van der Waals surface area (Å²) in [6.07, 6.45) is 4.54. The third kappa shape index (κ3) is 3.55. The Kier molecular flexibility index (Phi) is 4.95. The smallest absolute Gasteiger partial charge is 0.253 e. The van der Waals surface area contributed by atoms with Gasteiger partial charge in [-0.25, -0.2) is 4.68 Å². The van der Waals surface area contributed by atoms with Gasteiger partial charge in [-0.05, 0) is 39.7 Å². The number of rotatable bonds is 4. The maximum Gasteiger partial charge on any atom is 0.253 e. The van der Waals surface area contributed by atoms with Crippen molar-refractivity contribution < 1.29 is 9.90 Å². The van der Waals surface area contributed by atoms with Gasteiger partial charge < -0.3 is 14.6 Å². The molecule has 1 N–H and O–H groups in total. The number of nitrogens with zero attached hydrogens (tertiary/aromatic N) is 5. The second-order valence-electron chi connectivity index (χ2n) is 7.25. The number of amides is 1. The number of piperidine rings is 1. The van der Waals surface area contributed by atoms with Gasteiger partial charge in [-0.15, -0.1) is 5.10 Å². The van der Waals surface area contributed by atoms with Gasteiger partial charge in [-0.2, -0.15) is 0 Å². The summed E-state index contributed by atoms with van der Waals surface area (Å²) in [4.78, 5) is 26.4. The number of pyridine rings is 1. The molecular weight excluding hydrogens is 334 g/mol. The first kappa shape index (κ1) is 18.3. The fraction of sp³-hybridized carbons (Fsp3) is 0.556. The van der Waals surface area contributed by atoms with Gasteiger partial charge in [0.2, 0.25) is 5.91 Å². The second-order valence-corrected chi connectivity index (χ2v) is 7.25.